The van der Waals surface area contributed by atoms with Gasteiger partial charge in [0.25, 0.3) is 10.0 Å². The van der Waals surface area contributed by atoms with E-state index in [1.807, 2.05) is 67.6 Å². The van der Waals surface area contributed by atoms with Crippen LogP contribution in [0.5, 0.6) is 5.75 Å². The molecule has 0 heterocycles. The van der Waals surface area contributed by atoms with Crippen molar-refractivity contribution in [3.05, 3.63) is 96.1 Å². The quantitative estimate of drug-likeness (QED) is 0.240. The first-order valence-electron chi connectivity index (χ1n) is 13.6. The molecule has 0 aliphatic heterocycles. The van der Waals surface area contributed by atoms with E-state index in [0.717, 1.165) is 17.5 Å². The van der Waals surface area contributed by atoms with Gasteiger partial charge in [-0.3, -0.25) is 9.52 Å². The van der Waals surface area contributed by atoms with Crippen LogP contribution in [0.2, 0.25) is 0 Å². The fraction of sp³-hybridized carbons (Fsp3) is 0.355. The Balaban J connectivity index is 1.51. The molecule has 220 valence electrons. The molecule has 9 nitrogen and oxygen atoms in total. The van der Waals surface area contributed by atoms with Gasteiger partial charge in [0.05, 0.1) is 7.11 Å². The highest BCUT2D eigenvalue weighted by Gasteiger charge is 2.22. The number of nitrogens with one attached hydrogen (secondary N) is 2. The highest BCUT2D eigenvalue weighted by Crippen LogP contribution is 2.17. The molecule has 1 atom stereocenters. The number of rotatable bonds is 16. The molecule has 0 bridgehead atoms. The molecule has 2 amide bonds. The van der Waals surface area contributed by atoms with Gasteiger partial charge in [-0.2, -0.15) is 0 Å². The van der Waals surface area contributed by atoms with Crippen molar-refractivity contribution >= 4 is 27.7 Å². The predicted octanol–water partition coefficient (Wildman–Crippen LogP) is 5.20. The number of alkyl carbamates (subject to hydrolysis) is 1. The van der Waals surface area contributed by atoms with Gasteiger partial charge in [0, 0.05) is 25.2 Å². The van der Waals surface area contributed by atoms with Crippen molar-refractivity contribution in [3.8, 4) is 5.75 Å². The highest BCUT2D eigenvalue weighted by atomic mass is 32.2. The summed E-state index contributed by atoms with van der Waals surface area (Å²) in [5.74, 6) is -0.107. The maximum Gasteiger partial charge on any atom is 0.407 e. The molecule has 0 aliphatic carbocycles. The van der Waals surface area contributed by atoms with Crippen molar-refractivity contribution in [1.29, 1.82) is 0 Å². The molecule has 1 unspecified atom stereocenters. The van der Waals surface area contributed by atoms with Crippen LogP contribution in [0, 0.1) is 5.92 Å². The second-order valence-electron chi connectivity index (χ2n) is 9.91. The normalized spacial score (nSPS) is 11.8. The minimum atomic E-state index is -3.84. The Labute approximate surface area is 242 Å². The molecule has 3 aromatic carbocycles. The Morgan fingerprint density at radius 3 is 2.17 bits per heavy atom. The SMILES string of the molecule is COc1ccc(NS(=O)(=O)CN(CCCc2ccccc2)C(=O)CCC(C)CNC(=O)OCc2ccccc2)cc1. The molecule has 2 N–H and O–H groups in total. The molecular weight excluding hydrogens is 542 g/mol. The van der Waals surface area contributed by atoms with E-state index >= 15 is 0 Å². The fourth-order valence-corrected chi connectivity index (χ4v) is 5.36. The third-order valence-corrected chi connectivity index (χ3v) is 7.64. The Morgan fingerprint density at radius 1 is 0.902 bits per heavy atom. The molecule has 0 radical (unpaired) electrons. The lowest BCUT2D eigenvalue weighted by atomic mass is 10.1. The number of hydrogen-bond donors (Lipinski definition) is 2. The summed E-state index contributed by atoms with van der Waals surface area (Å²) >= 11 is 0. The van der Waals surface area contributed by atoms with E-state index in [9.17, 15) is 18.0 Å². The number of methoxy groups -OCH3 is 1. The van der Waals surface area contributed by atoms with Gasteiger partial charge in [-0.15, -0.1) is 0 Å². The maximum atomic E-state index is 13.2. The van der Waals surface area contributed by atoms with Crippen LogP contribution >= 0.6 is 0 Å². The number of nitrogens with zero attached hydrogens (tertiary/aromatic N) is 1. The van der Waals surface area contributed by atoms with Crippen molar-refractivity contribution in [2.75, 3.05) is 30.8 Å². The molecule has 10 heteroatoms. The molecule has 0 saturated heterocycles. The monoisotopic (exact) mass is 581 g/mol. The molecule has 0 aromatic heterocycles. The van der Waals surface area contributed by atoms with Crippen LogP contribution in [0.15, 0.2) is 84.9 Å². The van der Waals surface area contributed by atoms with Gasteiger partial charge in [-0.1, -0.05) is 67.6 Å². The zero-order chi connectivity index (χ0) is 29.5. The van der Waals surface area contributed by atoms with Crippen molar-refractivity contribution in [2.24, 2.45) is 5.92 Å². The summed E-state index contributed by atoms with van der Waals surface area (Å²) in [6, 6.07) is 25.8. The van der Waals surface area contributed by atoms with E-state index in [1.54, 1.807) is 24.3 Å². The fourth-order valence-electron chi connectivity index (χ4n) is 4.12. The van der Waals surface area contributed by atoms with Crippen molar-refractivity contribution in [2.45, 2.75) is 39.2 Å². The van der Waals surface area contributed by atoms with Crippen LogP contribution in [0.1, 0.15) is 37.3 Å². The molecular formula is C31H39N3O6S. The lowest BCUT2D eigenvalue weighted by Gasteiger charge is -2.24. The molecule has 0 saturated carbocycles. The van der Waals surface area contributed by atoms with Gasteiger partial charge in [0.15, 0.2) is 0 Å². The number of aryl methyl sites for hydroxylation is 1. The van der Waals surface area contributed by atoms with Crippen LogP contribution in [0.25, 0.3) is 0 Å². The first kappa shape index (κ1) is 31.5. The number of carbonyl (C=O) groups excluding carboxylic acids is 2. The third-order valence-electron chi connectivity index (χ3n) is 6.44. The molecule has 0 spiro atoms. The van der Waals surface area contributed by atoms with E-state index in [4.69, 9.17) is 9.47 Å². The summed E-state index contributed by atoms with van der Waals surface area (Å²) < 4.78 is 38.9. The standard InChI is InChI=1S/C31H39N3O6S/c1-25(22-32-31(36)40-23-27-12-7-4-8-13-27)15-20-30(35)34(21-9-14-26-10-5-3-6-11-26)24-41(37,38)33-28-16-18-29(39-2)19-17-28/h3-8,10-13,16-19,25,33H,9,14-15,20-24H2,1-2H3,(H,32,36). The number of carbonyl (C=O) groups is 2. The second kappa shape index (κ2) is 16.3. The summed E-state index contributed by atoms with van der Waals surface area (Å²) in [6.07, 6.45) is 1.47. The van der Waals surface area contributed by atoms with Crippen LogP contribution in [-0.4, -0.2) is 51.4 Å². The van der Waals surface area contributed by atoms with E-state index in [1.165, 1.54) is 12.0 Å². The minimum absolute atomic E-state index is 0.0107. The Bertz CT molecular complexity index is 1320. The summed E-state index contributed by atoms with van der Waals surface area (Å²) in [4.78, 5) is 26.7. The number of anilines is 1. The van der Waals surface area contributed by atoms with E-state index in [-0.39, 0.29) is 24.9 Å². The summed E-state index contributed by atoms with van der Waals surface area (Å²) in [6.45, 7) is 2.74. The van der Waals surface area contributed by atoms with Gasteiger partial charge in [-0.25, -0.2) is 13.2 Å². The smallest absolute Gasteiger partial charge is 0.407 e. The largest absolute Gasteiger partial charge is 0.497 e. The number of hydrogen-bond acceptors (Lipinski definition) is 6. The molecule has 0 aliphatic rings. The van der Waals surface area contributed by atoms with Crippen molar-refractivity contribution in [1.82, 2.24) is 10.2 Å². The van der Waals surface area contributed by atoms with Gasteiger partial charge >= 0.3 is 6.09 Å². The van der Waals surface area contributed by atoms with Gasteiger partial charge in [0.2, 0.25) is 5.91 Å². The van der Waals surface area contributed by atoms with Crippen molar-refractivity contribution in [3.63, 3.8) is 0 Å². The third kappa shape index (κ3) is 11.9. The topological polar surface area (TPSA) is 114 Å². The molecule has 41 heavy (non-hydrogen) atoms. The van der Waals surface area contributed by atoms with Crippen molar-refractivity contribution < 1.29 is 27.5 Å². The Kier molecular flexibility index (Phi) is 12.5. The number of ether oxygens (including phenoxy) is 2. The van der Waals surface area contributed by atoms with Crippen LogP contribution in [0.4, 0.5) is 10.5 Å². The summed E-state index contributed by atoms with van der Waals surface area (Å²) in [5.41, 5.74) is 2.41. The summed E-state index contributed by atoms with van der Waals surface area (Å²) in [5, 5.41) is 2.73. The Hall–Kier alpha value is -4.05. The molecule has 3 aromatic rings. The van der Waals surface area contributed by atoms with E-state index < -0.39 is 22.0 Å². The van der Waals surface area contributed by atoms with Gasteiger partial charge in [0.1, 0.15) is 18.2 Å². The minimum Gasteiger partial charge on any atom is -0.497 e. The second-order valence-corrected chi connectivity index (χ2v) is 11.6. The van der Waals surface area contributed by atoms with Crippen LogP contribution in [0.3, 0.4) is 0 Å². The lowest BCUT2D eigenvalue weighted by Crippen LogP contribution is -2.39. The van der Waals surface area contributed by atoms with Gasteiger partial charge in [-0.05, 0) is 60.6 Å². The van der Waals surface area contributed by atoms with Gasteiger partial charge < -0.3 is 19.7 Å². The molecule has 0 fully saturated rings. The van der Waals surface area contributed by atoms with Crippen LogP contribution in [-0.2, 0) is 32.6 Å². The number of benzene rings is 3. The first-order valence-corrected chi connectivity index (χ1v) is 15.3. The summed E-state index contributed by atoms with van der Waals surface area (Å²) in [7, 11) is -2.31. The number of sulfonamides is 1. The zero-order valence-corrected chi connectivity index (χ0v) is 24.4. The van der Waals surface area contributed by atoms with E-state index in [2.05, 4.69) is 10.0 Å². The predicted molar refractivity (Wildman–Crippen MR) is 160 cm³/mol. The highest BCUT2D eigenvalue weighted by molar-refractivity contribution is 7.92. The van der Waals surface area contributed by atoms with E-state index in [0.29, 0.717) is 37.4 Å². The Morgan fingerprint density at radius 2 is 1.54 bits per heavy atom. The lowest BCUT2D eigenvalue weighted by molar-refractivity contribution is -0.130. The molecule has 3 rings (SSSR count). The van der Waals surface area contributed by atoms with Crippen LogP contribution < -0.4 is 14.8 Å². The maximum absolute atomic E-state index is 13.2. The average Bonchev–Trinajstić information content (AvgIpc) is 2.98. The average molecular weight is 582 g/mol. The zero-order valence-electron chi connectivity index (χ0n) is 23.6. The number of amides is 2. The first-order chi connectivity index (χ1) is 19.7.